The number of rotatable bonds is 15. The van der Waals surface area contributed by atoms with E-state index in [1.807, 2.05) is 0 Å². The van der Waals surface area contributed by atoms with Crippen molar-refractivity contribution >= 4 is 0 Å². The Morgan fingerprint density at radius 1 is 0.619 bits per heavy atom. The number of hydrogen-bond donors (Lipinski definition) is 1. The van der Waals surface area contributed by atoms with E-state index in [0.717, 1.165) is 12.8 Å². The molecule has 0 saturated carbocycles. The zero-order valence-electron chi connectivity index (χ0n) is 15.4. The first kappa shape index (κ1) is 21.0. The van der Waals surface area contributed by atoms with Crippen molar-refractivity contribution in [2.24, 2.45) is 5.92 Å². The molecule has 0 spiro atoms. The third-order valence-corrected chi connectivity index (χ3v) is 5.30. The Morgan fingerprint density at radius 3 is 1.43 bits per heavy atom. The van der Waals surface area contributed by atoms with Crippen LogP contribution in [0.1, 0.15) is 118 Å². The van der Waals surface area contributed by atoms with E-state index in [0.29, 0.717) is 5.92 Å². The summed E-state index contributed by atoms with van der Waals surface area (Å²) in [6.07, 6.45) is 17.7. The molecule has 0 aromatic carbocycles. The highest BCUT2D eigenvalue weighted by molar-refractivity contribution is 4.84. The first-order valence-corrected chi connectivity index (χ1v) is 9.86. The van der Waals surface area contributed by atoms with E-state index in [1.54, 1.807) is 0 Å². The van der Waals surface area contributed by atoms with Crippen molar-refractivity contribution in [3.05, 3.63) is 0 Å². The van der Waals surface area contributed by atoms with Crippen LogP contribution in [0.2, 0.25) is 0 Å². The Kier molecular flexibility index (Phi) is 13.6. The Bertz CT molecular complexity index is 208. The molecule has 1 nitrogen and oxygen atoms in total. The molecule has 0 aliphatic rings. The zero-order chi connectivity index (χ0) is 16.0. The van der Waals surface area contributed by atoms with Gasteiger partial charge in [0.1, 0.15) is 0 Å². The second-order valence-electron chi connectivity index (χ2n) is 6.91. The highest BCUT2D eigenvalue weighted by atomic mass is 16.3. The molecule has 0 heterocycles. The van der Waals surface area contributed by atoms with Crippen LogP contribution >= 0.6 is 0 Å². The van der Waals surface area contributed by atoms with Crippen molar-refractivity contribution in [3.63, 3.8) is 0 Å². The summed E-state index contributed by atoms with van der Waals surface area (Å²) in [5.74, 6) is 0.524. The fourth-order valence-electron chi connectivity index (χ4n) is 3.50. The predicted octanol–water partition coefficient (Wildman–Crippen LogP) is 6.87. The fourth-order valence-corrected chi connectivity index (χ4v) is 3.50. The van der Waals surface area contributed by atoms with Gasteiger partial charge in [0.05, 0.1) is 5.60 Å². The molecule has 0 aliphatic heterocycles. The van der Waals surface area contributed by atoms with Crippen LogP contribution in [0.5, 0.6) is 0 Å². The van der Waals surface area contributed by atoms with Crippen molar-refractivity contribution in [2.45, 2.75) is 123 Å². The Hall–Kier alpha value is -0.0400. The van der Waals surface area contributed by atoms with Gasteiger partial charge < -0.3 is 5.11 Å². The Balaban J connectivity index is 4.12. The maximum absolute atomic E-state index is 10.9. The zero-order valence-corrected chi connectivity index (χ0v) is 15.4. The van der Waals surface area contributed by atoms with Gasteiger partial charge in [-0.1, -0.05) is 91.9 Å². The number of unbranched alkanes of at least 4 members (excludes halogenated alkanes) is 8. The maximum Gasteiger partial charge on any atom is 0.0670 e. The molecule has 0 rings (SSSR count). The third-order valence-electron chi connectivity index (χ3n) is 5.30. The quantitative estimate of drug-likeness (QED) is 0.327. The first-order valence-electron chi connectivity index (χ1n) is 9.86. The van der Waals surface area contributed by atoms with Crippen LogP contribution in [-0.2, 0) is 0 Å². The maximum atomic E-state index is 10.9. The van der Waals surface area contributed by atoms with Crippen LogP contribution in [0, 0.1) is 5.92 Å². The highest BCUT2D eigenvalue weighted by Crippen LogP contribution is 2.33. The van der Waals surface area contributed by atoms with Crippen molar-refractivity contribution in [1.82, 2.24) is 0 Å². The minimum Gasteiger partial charge on any atom is -0.390 e. The molecule has 0 aromatic rings. The van der Waals surface area contributed by atoms with Gasteiger partial charge in [-0.15, -0.1) is 0 Å². The molecule has 21 heavy (non-hydrogen) atoms. The van der Waals surface area contributed by atoms with Crippen LogP contribution in [0.15, 0.2) is 0 Å². The summed E-state index contributed by atoms with van der Waals surface area (Å²) in [5.41, 5.74) is -0.407. The lowest BCUT2D eigenvalue weighted by Gasteiger charge is -2.35. The van der Waals surface area contributed by atoms with Crippen LogP contribution in [-0.4, -0.2) is 10.7 Å². The lowest BCUT2D eigenvalue weighted by atomic mass is 9.77. The molecule has 0 bridgehead atoms. The van der Waals surface area contributed by atoms with E-state index in [4.69, 9.17) is 0 Å². The molecule has 0 amide bonds. The molecule has 0 radical (unpaired) electrons. The van der Waals surface area contributed by atoms with E-state index in [1.165, 1.54) is 77.0 Å². The largest absolute Gasteiger partial charge is 0.390 e. The summed E-state index contributed by atoms with van der Waals surface area (Å²) in [6, 6.07) is 0. The second-order valence-corrected chi connectivity index (χ2v) is 6.91. The molecular weight excluding hydrogens is 256 g/mol. The summed E-state index contributed by atoms with van der Waals surface area (Å²) < 4.78 is 0. The third kappa shape index (κ3) is 9.55. The Labute approximate surface area is 134 Å². The topological polar surface area (TPSA) is 20.2 Å². The van der Waals surface area contributed by atoms with Crippen molar-refractivity contribution in [1.29, 1.82) is 0 Å². The number of hydrogen-bond acceptors (Lipinski definition) is 1. The van der Waals surface area contributed by atoms with Gasteiger partial charge in [-0.3, -0.25) is 0 Å². The van der Waals surface area contributed by atoms with Crippen molar-refractivity contribution in [2.75, 3.05) is 0 Å². The van der Waals surface area contributed by atoms with Crippen molar-refractivity contribution < 1.29 is 5.11 Å². The smallest absolute Gasteiger partial charge is 0.0670 e. The number of aliphatic hydroxyl groups is 1. The average Bonchev–Trinajstić information content (AvgIpc) is 2.51. The minimum absolute atomic E-state index is 0.407. The molecule has 0 aromatic heterocycles. The highest BCUT2D eigenvalue weighted by Gasteiger charge is 2.32. The van der Waals surface area contributed by atoms with Gasteiger partial charge in [0.15, 0.2) is 0 Å². The summed E-state index contributed by atoms with van der Waals surface area (Å²) >= 11 is 0. The standard InChI is InChI=1S/C20H42O/c1-5-9-11-13-14-16-18-19(17-15-12-10-6-2)20(21,7-3)8-4/h19,21H,5-18H2,1-4H3. The van der Waals surface area contributed by atoms with Crippen LogP contribution < -0.4 is 0 Å². The minimum atomic E-state index is -0.407. The molecule has 0 aliphatic carbocycles. The van der Waals surface area contributed by atoms with E-state index >= 15 is 0 Å². The molecule has 128 valence electrons. The summed E-state index contributed by atoms with van der Waals surface area (Å²) in [7, 11) is 0. The van der Waals surface area contributed by atoms with E-state index in [-0.39, 0.29) is 0 Å². The van der Waals surface area contributed by atoms with Gasteiger partial charge in [0.2, 0.25) is 0 Å². The molecule has 1 unspecified atom stereocenters. The van der Waals surface area contributed by atoms with Crippen LogP contribution in [0.25, 0.3) is 0 Å². The van der Waals surface area contributed by atoms with E-state index in [9.17, 15) is 5.11 Å². The normalized spacial score (nSPS) is 13.6. The SMILES string of the molecule is CCCCCCCCC(CCCCCC)C(O)(CC)CC. The molecule has 0 saturated heterocycles. The van der Waals surface area contributed by atoms with Gasteiger partial charge in [0, 0.05) is 0 Å². The monoisotopic (exact) mass is 298 g/mol. The van der Waals surface area contributed by atoms with Crippen molar-refractivity contribution in [3.8, 4) is 0 Å². The molecule has 1 heteroatoms. The molecular formula is C20H42O. The van der Waals surface area contributed by atoms with Crippen LogP contribution in [0.3, 0.4) is 0 Å². The first-order chi connectivity index (χ1) is 10.1. The van der Waals surface area contributed by atoms with E-state index < -0.39 is 5.60 Å². The molecule has 0 fully saturated rings. The van der Waals surface area contributed by atoms with Gasteiger partial charge in [-0.2, -0.15) is 0 Å². The molecule has 1 atom stereocenters. The van der Waals surface area contributed by atoms with Gasteiger partial charge in [0.25, 0.3) is 0 Å². The lowest BCUT2D eigenvalue weighted by molar-refractivity contribution is -0.0341. The summed E-state index contributed by atoms with van der Waals surface area (Å²) in [4.78, 5) is 0. The Morgan fingerprint density at radius 2 is 1.00 bits per heavy atom. The van der Waals surface area contributed by atoms with Gasteiger partial charge in [-0.05, 0) is 31.6 Å². The lowest BCUT2D eigenvalue weighted by Crippen LogP contribution is -2.36. The average molecular weight is 299 g/mol. The second kappa shape index (κ2) is 13.6. The van der Waals surface area contributed by atoms with Crippen LogP contribution in [0.4, 0.5) is 0 Å². The fraction of sp³-hybridized carbons (Fsp3) is 1.00. The summed E-state index contributed by atoms with van der Waals surface area (Å²) in [6.45, 7) is 8.85. The predicted molar refractivity (Wildman–Crippen MR) is 95.8 cm³/mol. The van der Waals surface area contributed by atoms with Gasteiger partial charge in [-0.25, -0.2) is 0 Å². The van der Waals surface area contributed by atoms with E-state index in [2.05, 4.69) is 27.7 Å². The van der Waals surface area contributed by atoms with Gasteiger partial charge >= 0.3 is 0 Å². The summed E-state index contributed by atoms with van der Waals surface area (Å²) in [5, 5.41) is 10.9. The molecule has 1 N–H and O–H groups in total.